The van der Waals surface area contributed by atoms with E-state index >= 15 is 0 Å². The van der Waals surface area contributed by atoms with Crippen LogP contribution in [-0.2, 0) is 6.42 Å². The van der Waals surface area contributed by atoms with Gasteiger partial charge in [0.05, 0.1) is 16.6 Å². The second kappa shape index (κ2) is 8.59. The number of aryl methyl sites for hydroxylation is 1. The Bertz CT molecular complexity index is 800. The van der Waals surface area contributed by atoms with Gasteiger partial charge in [-0.15, -0.1) is 23.1 Å². The second-order valence-electron chi connectivity index (χ2n) is 6.08. The number of hydrogen-bond donors (Lipinski definition) is 0. The largest absolute Gasteiger partial charge is 0.254 e. The van der Waals surface area contributed by atoms with Gasteiger partial charge in [-0.25, -0.2) is 4.98 Å². The molecule has 2 aromatic heterocycles. The average molecular weight is 373 g/mol. The molecule has 0 N–H and O–H groups in total. The van der Waals surface area contributed by atoms with Crippen molar-refractivity contribution in [2.24, 2.45) is 5.92 Å². The molecule has 1 unspecified atom stereocenters. The van der Waals surface area contributed by atoms with E-state index < -0.39 is 0 Å². The number of thioether (sulfide) groups is 1. The molecule has 0 aliphatic rings. The van der Waals surface area contributed by atoms with Crippen molar-refractivity contribution < 1.29 is 4.39 Å². The zero-order valence-corrected chi connectivity index (χ0v) is 16.0. The minimum atomic E-state index is -0.260. The average Bonchev–Trinajstić information content (AvgIpc) is 3.11. The molecule has 0 saturated heterocycles. The number of thiazole rings is 1. The summed E-state index contributed by atoms with van der Waals surface area (Å²) in [5.41, 5.74) is 4.12. The van der Waals surface area contributed by atoms with Crippen LogP contribution >= 0.6 is 23.1 Å². The Morgan fingerprint density at radius 1 is 1.16 bits per heavy atom. The summed E-state index contributed by atoms with van der Waals surface area (Å²) in [7, 11) is 0. The summed E-state index contributed by atoms with van der Waals surface area (Å²) in [5, 5.41) is 1.02. The van der Waals surface area contributed by atoms with E-state index in [0.29, 0.717) is 0 Å². The maximum atomic E-state index is 12.6. The number of rotatable bonds is 7. The monoisotopic (exact) mass is 372 g/mol. The summed E-state index contributed by atoms with van der Waals surface area (Å²) in [5.74, 6) is 0.106. The van der Waals surface area contributed by atoms with Crippen LogP contribution in [0.5, 0.6) is 0 Å². The molecular weight excluding hydrogens is 351 g/mol. The van der Waals surface area contributed by atoms with Gasteiger partial charge in [0.2, 0.25) is 0 Å². The number of aromatic nitrogens is 2. The first-order chi connectivity index (χ1) is 12.2. The van der Waals surface area contributed by atoms with Gasteiger partial charge in [0.1, 0.15) is 10.7 Å². The third-order valence-electron chi connectivity index (χ3n) is 4.06. The highest BCUT2D eigenvalue weighted by molar-refractivity contribution is 8.00. The van der Waals surface area contributed by atoms with E-state index in [2.05, 4.69) is 29.4 Å². The van der Waals surface area contributed by atoms with Crippen molar-refractivity contribution in [2.75, 3.05) is 12.9 Å². The Hall–Kier alpha value is -1.72. The van der Waals surface area contributed by atoms with E-state index in [1.54, 1.807) is 23.1 Å². The lowest BCUT2D eigenvalue weighted by Gasteiger charge is -2.06. The molecule has 2 nitrogen and oxygen atoms in total. The molecule has 2 heterocycles. The quantitative estimate of drug-likeness (QED) is 0.466. The van der Waals surface area contributed by atoms with E-state index in [1.165, 1.54) is 4.21 Å². The molecule has 130 valence electrons. The highest BCUT2D eigenvalue weighted by atomic mass is 32.2. The Morgan fingerprint density at radius 2 is 1.96 bits per heavy atom. The molecule has 0 spiro atoms. The lowest BCUT2D eigenvalue weighted by molar-refractivity contribution is 0.366. The Balaban J connectivity index is 1.82. The van der Waals surface area contributed by atoms with Crippen LogP contribution in [0.3, 0.4) is 0 Å². The van der Waals surface area contributed by atoms with Crippen molar-refractivity contribution in [3.8, 4) is 22.0 Å². The number of benzene rings is 1. The Kier molecular flexibility index (Phi) is 6.21. The lowest BCUT2D eigenvalue weighted by Crippen LogP contribution is -1.99. The van der Waals surface area contributed by atoms with Crippen molar-refractivity contribution in [1.82, 2.24) is 9.97 Å². The van der Waals surface area contributed by atoms with Gasteiger partial charge in [-0.2, -0.15) is 0 Å². The van der Waals surface area contributed by atoms with Crippen LogP contribution in [0.1, 0.15) is 18.9 Å². The molecule has 0 amide bonds. The number of pyridine rings is 1. The predicted molar refractivity (Wildman–Crippen MR) is 106 cm³/mol. The molecule has 0 aliphatic carbocycles. The van der Waals surface area contributed by atoms with Gasteiger partial charge in [-0.1, -0.05) is 43.3 Å². The molecule has 5 heteroatoms. The van der Waals surface area contributed by atoms with Gasteiger partial charge in [-0.05, 0) is 36.6 Å². The smallest absolute Gasteiger partial charge is 0.125 e. The van der Waals surface area contributed by atoms with Gasteiger partial charge in [0, 0.05) is 11.8 Å². The molecule has 0 fully saturated rings. The Labute approximate surface area is 156 Å². The number of halogens is 1. The Morgan fingerprint density at radius 3 is 2.60 bits per heavy atom. The van der Waals surface area contributed by atoms with Crippen LogP contribution < -0.4 is 0 Å². The van der Waals surface area contributed by atoms with E-state index in [0.717, 1.165) is 40.4 Å². The lowest BCUT2D eigenvalue weighted by atomic mass is 10.0. The summed E-state index contributed by atoms with van der Waals surface area (Å²) in [4.78, 5) is 9.43. The molecule has 3 rings (SSSR count). The first-order valence-corrected chi connectivity index (χ1v) is 10.4. The molecule has 0 saturated carbocycles. The molecule has 0 bridgehead atoms. The van der Waals surface area contributed by atoms with Gasteiger partial charge in [0.25, 0.3) is 0 Å². The van der Waals surface area contributed by atoms with E-state index in [-0.39, 0.29) is 12.6 Å². The molecule has 1 atom stereocenters. The SMILES string of the molecule is CSc1sc(-c2ccccc2)nc1-c1ccc(CCC(C)CF)cn1. The minimum absolute atomic E-state index is 0.106. The van der Waals surface area contributed by atoms with E-state index in [4.69, 9.17) is 4.98 Å². The van der Waals surface area contributed by atoms with Crippen molar-refractivity contribution in [3.63, 3.8) is 0 Å². The second-order valence-corrected chi connectivity index (χ2v) is 8.15. The fraction of sp³-hybridized carbons (Fsp3) is 0.300. The van der Waals surface area contributed by atoms with E-state index in [9.17, 15) is 4.39 Å². The molecule has 0 radical (unpaired) electrons. The highest BCUT2D eigenvalue weighted by Gasteiger charge is 2.15. The fourth-order valence-electron chi connectivity index (χ4n) is 2.51. The predicted octanol–water partition coefficient (Wildman–Crippen LogP) is 6.13. The maximum absolute atomic E-state index is 12.6. The third-order valence-corrected chi connectivity index (χ3v) is 6.27. The highest BCUT2D eigenvalue weighted by Crippen LogP contribution is 2.38. The van der Waals surface area contributed by atoms with Crippen LogP contribution in [0.15, 0.2) is 52.9 Å². The van der Waals surface area contributed by atoms with Gasteiger partial charge < -0.3 is 0 Å². The van der Waals surface area contributed by atoms with E-state index in [1.807, 2.05) is 37.4 Å². The van der Waals surface area contributed by atoms with Crippen molar-refractivity contribution >= 4 is 23.1 Å². The first-order valence-electron chi connectivity index (χ1n) is 8.32. The summed E-state index contributed by atoms with van der Waals surface area (Å²) in [6.07, 6.45) is 5.67. The molecule has 1 aromatic carbocycles. The topological polar surface area (TPSA) is 25.8 Å². The number of alkyl halides is 1. The molecular formula is C20H21FN2S2. The van der Waals surface area contributed by atoms with Crippen LogP contribution in [0.4, 0.5) is 4.39 Å². The van der Waals surface area contributed by atoms with Crippen molar-refractivity contribution in [2.45, 2.75) is 24.0 Å². The standard InChI is InChI=1S/C20H21FN2S2/c1-14(12-21)8-9-15-10-11-17(22-13-15)18-20(24-2)25-19(23-18)16-6-4-3-5-7-16/h3-7,10-11,13-14H,8-9,12H2,1-2H3. The summed E-state index contributed by atoms with van der Waals surface area (Å²) in [6.45, 7) is 1.68. The first kappa shape index (κ1) is 18.1. The summed E-state index contributed by atoms with van der Waals surface area (Å²) >= 11 is 3.40. The van der Waals surface area contributed by atoms with Crippen molar-refractivity contribution in [3.05, 3.63) is 54.2 Å². The van der Waals surface area contributed by atoms with Gasteiger partial charge in [0.15, 0.2) is 0 Å². The molecule has 3 aromatic rings. The van der Waals surface area contributed by atoms with Crippen molar-refractivity contribution in [1.29, 1.82) is 0 Å². The van der Waals surface area contributed by atoms with Gasteiger partial charge in [-0.3, -0.25) is 9.37 Å². The zero-order chi connectivity index (χ0) is 17.6. The summed E-state index contributed by atoms with van der Waals surface area (Å²) < 4.78 is 13.7. The normalized spacial score (nSPS) is 12.3. The van der Waals surface area contributed by atoms with Crippen LogP contribution in [0.25, 0.3) is 22.0 Å². The third kappa shape index (κ3) is 4.47. The molecule has 0 aliphatic heterocycles. The summed E-state index contributed by atoms with van der Waals surface area (Å²) in [6, 6.07) is 14.3. The minimum Gasteiger partial charge on any atom is -0.254 e. The van der Waals surface area contributed by atoms with Gasteiger partial charge >= 0.3 is 0 Å². The zero-order valence-electron chi connectivity index (χ0n) is 14.4. The van der Waals surface area contributed by atoms with Crippen LogP contribution in [0.2, 0.25) is 0 Å². The molecule has 25 heavy (non-hydrogen) atoms. The van der Waals surface area contributed by atoms with Crippen LogP contribution in [-0.4, -0.2) is 22.9 Å². The number of nitrogens with zero attached hydrogens (tertiary/aromatic N) is 2. The fourth-order valence-corrected chi connectivity index (χ4v) is 4.24. The maximum Gasteiger partial charge on any atom is 0.125 e. The number of hydrogen-bond acceptors (Lipinski definition) is 4. The van der Waals surface area contributed by atoms with Crippen LogP contribution in [0, 0.1) is 5.92 Å².